The number of aryl methyl sites for hydroxylation is 1. The lowest BCUT2D eigenvalue weighted by atomic mass is 9.98. The molecule has 0 aliphatic carbocycles. The van der Waals surface area contributed by atoms with Crippen molar-refractivity contribution in [1.82, 2.24) is 0 Å². The van der Waals surface area contributed by atoms with Crippen molar-refractivity contribution in [2.45, 2.75) is 13.3 Å². The van der Waals surface area contributed by atoms with Gasteiger partial charge in [-0.25, -0.2) is 0 Å². The molecule has 0 aliphatic rings. The van der Waals surface area contributed by atoms with Crippen molar-refractivity contribution in [3.63, 3.8) is 0 Å². The van der Waals surface area contributed by atoms with Crippen molar-refractivity contribution in [1.29, 1.82) is 0 Å². The van der Waals surface area contributed by atoms with Gasteiger partial charge >= 0.3 is 0 Å². The smallest absolute Gasteiger partial charge is 0.253 e. The van der Waals surface area contributed by atoms with Crippen LogP contribution >= 0.6 is 11.6 Å². The first-order valence-corrected chi connectivity index (χ1v) is 6.43. The first-order chi connectivity index (χ1) is 9.13. The van der Waals surface area contributed by atoms with Gasteiger partial charge in [0.1, 0.15) is 0 Å². The maximum absolute atomic E-state index is 12.4. The summed E-state index contributed by atoms with van der Waals surface area (Å²) >= 11 is 5.50. The van der Waals surface area contributed by atoms with Crippen LogP contribution in [0.3, 0.4) is 0 Å². The Bertz CT molecular complexity index is 615. The molecule has 0 amide bonds. The van der Waals surface area contributed by atoms with E-state index in [0.29, 0.717) is 11.1 Å². The Morgan fingerprint density at radius 2 is 1.53 bits per heavy atom. The van der Waals surface area contributed by atoms with Crippen LogP contribution in [-0.4, -0.2) is 11.0 Å². The standard InChI is InChI=1S/C16H13ClO2/c1-2-11-7-9-12(10-8-11)15(18)13-5-3-4-6-14(13)16(17)19/h3-10H,2H2,1H3. The van der Waals surface area contributed by atoms with E-state index in [9.17, 15) is 9.59 Å². The topological polar surface area (TPSA) is 34.1 Å². The van der Waals surface area contributed by atoms with Gasteiger partial charge in [-0.2, -0.15) is 0 Å². The Morgan fingerprint density at radius 3 is 2.05 bits per heavy atom. The minimum atomic E-state index is -0.617. The average Bonchev–Trinajstić information content (AvgIpc) is 2.46. The van der Waals surface area contributed by atoms with E-state index < -0.39 is 5.24 Å². The van der Waals surface area contributed by atoms with Gasteiger partial charge < -0.3 is 0 Å². The highest BCUT2D eigenvalue weighted by atomic mass is 35.5. The fourth-order valence-electron chi connectivity index (χ4n) is 1.90. The molecular formula is C16H13ClO2. The van der Waals surface area contributed by atoms with Crippen LogP contribution in [0.5, 0.6) is 0 Å². The van der Waals surface area contributed by atoms with E-state index >= 15 is 0 Å². The van der Waals surface area contributed by atoms with E-state index in [1.165, 1.54) is 5.56 Å². The number of rotatable bonds is 4. The summed E-state index contributed by atoms with van der Waals surface area (Å²) in [7, 11) is 0. The molecule has 0 aromatic heterocycles. The van der Waals surface area contributed by atoms with Crippen molar-refractivity contribution in [2.75, 3.05) is 0 Å². The van der Waals surface area contributed by atoms with Gasteiger partial charge in [0, 0.05) is 16.7 Å². The summed E-state index contributed by atoms with van der Waals surface area (Å²) in [6.07, 6.45) is 0.922. The lowest BCUT2D eigenvalue weighted by molar-refractivity contribution is 0.102. The first-order valence-electron chi connectivity index (χ1n) is 6.06. The molecule has 2 aromatic carbocycles. The number of halogens is 1. The normalized spacial score (nSPS) is 10.2. The van der Waals surface area contributed by atoms with Crippen LogP contribution in [0.25, 0.3) is 0 Å². The lowest BCUT2D eigenvalue weighted by Crippen LogP contribution is -2.07. The van der Waals surface area contributed by atoms with E-state index in [4.69, 9.17) is 11.6 Å². The van der Waals surface area contributed by atoms with Crippen LogP contribution in [0.4, 0.5) is 0 Å². The van der Waals surface area contributed by atoms with Crippen LogP contribution in [-0.2, 0) is 6.42 Å². The molecule has 2 nitrogen and oxygen atoms in total. The summed E-state index contributed by atoms with van der Waals surface area (Å²) in [4.78, 5) is 23.7. The Morgan fingerprint density at radius 1 is 0.947 bits per heavy atom. The Balaban J connectivity index is 2.41. The zero-order valence-corrected chi connectivity index (χ0v) is 11.3. The second-order valence-corrected chi connectivity index (χ2v) is 4.54. The van der Waals surface area contributed by atoms with Crippen molar-refractivity contribution < 1.29 is 9.59 Å². The van der Waals surface area contributed by atoms with Gasteiger partial charge in [-0.1, -0.05) is 49.4 Å². The highest BCUT2D eigenvalue weighted by Gasteiger charge is 2.16. The fraction of sp³-hybridized carbons (Fsp3) is 0.125. The molecule has 0 atom stereocenters. The van der Waals surface area contributed by atoms with E-state index in [0.717, 1.165) is 6.42 Å². The van der Waals surface area contributed by atoms with Gasteiger partial charge in [0.15, 0.2) is 5.78 Å². The SMILES string of the molecule is CCc1ccc(C(=O)c2ccccc2C(=O)Cl)cc1. The minimum Gasteiger partial charge on any atom is -0.289 e. The molecule has 2 rings (SSSR count). The molecule has 0 spiro atoms. The van der Waals surface area contributed by atoms with E-state index in [-0.39, 0.29) is 11.3 Å². The monoisotopic (exact) mass is 272 g/mol. The first kappa shape index (κ1) is 13.5. The highest BCUT2D eigenvalue weighted by molar-refractivity contribution is 6.68. The van der Waals surface area contributed by atoms with Gasteiger partial charge in [-0.05, 0) is 29.7 Å². The molecule has 0 aliphatic heterocycles. The number of hydrogen-bond acceptors (Lipinski definition) is 2. The van der Waals surface area contributed by atoms with Gasteiger partial charge in [0.2, 0.25) is 0 Å². The predicted octanol–water partition coefficient (Wildman–Crippen LogP) is 3.86. The molecule has 0 heterocycles. The predicted molar refractivity (Wildman–Crippen MR) is 75.9 cm³/mol. The summed E-state index contributed by atoms with van der Waals surface area (Å²) < 4.78 is 0. The van der Waals surface area contributed by atoms with Crippen molar-refractivity contribution in [2.24, 2.45) is 0 Å². The molecule has 0 unspecified atom stereocenters. The molecule has 0 saturated heterocycles. The van der Waals surface area contributed by atoms with Crippen molar-refractivity contribution in [3.8, 4) is 0 Å². The maximum Gasteiger partial charge on any atom is 0.253 e. The fourth-order valence-corrected chi connectivity index (χ4v) is 2.06. The third kappa shape index (κ3) is 2.91. The summed E-state index contributed by atoms with van der Waals surface area (Å²) in [5.74, 6) is -0.188. The third-order valence-electron chi connectivity index (χ3n) is 3.01. The number of hydrogen-bond donors (Lipinski definition) is 0. The summed E-state index contributed by atoms with van der Waals surface area (Å²) in [5.41, 5.74) is 2.31. The van der Waals surface area contributed by atoms with Gasteiger partial charge in [0.05, 0.1) is 0 Å². The van der Waals surface area contributed by atoms with Crippen molar-refractivity contribution in [3.05, 3.63) is 70.8 Å². The van der Waals surface area contributed by atoms with E-state index in [1.54, 1.807) is 36.4 Å². The molecule has 3 heteroatoms. The Labute approximate surface area is 117 Å². The molecule has 0 fully saturated rings. The molecule has 19 heavy (non-hydrogen) atoms. The number of carbonyl (C=O) groups excluding carboxylic acids is 2. The quantitative estimate of drug-likeness (QED) is 0.626. The average molecular weight is 273 g/mol. The number of ketones is 1. The van der Waals surface area contributed by atoms with Crippen LogP contribution in [0.15, 0.2) is 48.5 Å². The van der Waals surface area contributed by atoms with E-state index in [1.807, 2.05) is 12.1 Å². The lowest BCUT2D eigenvalue weighted by Gasteiger charge is -2.06. The van der Waals surface area contributed by atoms with Crippen molar-refractivity contribution >= 4 is 22.6 Å². The zero-order chi connectivity index (χ0) is 13.8. The maximum atomic E-state index is 12.4. The van der Waals surface area contributed by atoms with Crippen LogP contribution in [0.2, 0.25) is 0 Å². The molecule has 0 bridgehead atoms. The minimum absolute atomic E-state index is 0.188. The number of carbonyl (C=O) groups is 2. The number of benzene rings is 2. The van der Waals surface area contributed by atoms with Crippen LogP contribution in [0.1, 0.15) is 38.8 Å². The molecule has 0 radical (unpaired) electrons. The highest BCUT2D eigenvalue weighted by Crippen LogP contribution is 2.17. The van der Waals surface area contributed by atoms with Gasteiger partial charge in [-0.3, -0.25) is 9.59 Å². The summed E-state index contributed by atoms with van der Waals surface area (Å²) in [6.45, 7) is 2.05. The van der Waals surface area contributed by atoms with Gasteiger partial charge in [-0.15, -0.1) is 0 Å². The van der Waals surface area contributed by atoms with E-state index in [2.05, 4.69) is 6.92 Å². The van der Waals surface area contributed by atoms with Gasteiger partial charge in [0.25, 0.3) is 5.24 Å². The Kier molecular flexibility index (Phi) is 4.13. The summed E-state index contributed by atoms with van der Waals surface area (Å²) in [5, 5.41) is -0.617. The largest absolute Gasteiger partial charge is 0.289 e. The zero-order valence-electron chi connectivity index (χ0n) is 10.5. The molecule has 2 aromatic rings. The second-order valence-electron chi connectivity index (χ2n) is 4.20. The summed E-state index contributed by atoms with van der Waals surface area (Å²) in [6, 6.07) is 14.0. The molecule has 0 N–H and O–H groups in total. The van der Waals surface area contributed by atoms with Crippen LogP contribution in [0, 0.1) is 0 Å². The molecule has 96 valence electrons. The Hall–Kier alpha value is -1.93. The third-order valence-corrected chi connectivity index (χ3v) is 3.21. The van der Waals surface area contributed by atoms with Crippen LogP contribution < -0.4 is 0 Å². The second kappa shape index (κ2) is 5.81. The molecule has 0 saturated carbocycles. The molecular weight excluding hydrogens is 260 g/mol.